The molecule has 2 aliphatic carbocycles. The van der Waals surface area contributed by atoms with E-state index in [9.17, 15) is 19.5 Å². The van der Waals surface area contributed by atoms with Gasteiger partial charge in [0.25, 0.3) is 0 Å². The second-order valence-corrected chi connectivity index (χ2v) is 37.0. The van der Waals surface area contributed by atoms with Crippen LogP contribution in [-0.4, -0.2) is 59.1 Å². The van der Waals surface area contributed by atoms with Crippen LogP contribution in [0.1, 0.15) is 116 Å². The minimum absolute atomic E-state index is 0.0497. The number of benzene rings is 12. The van der Waals surface area contributed by atoms with Crippen LogP contribution < -0.4 is 14.2 Å². The first-order valence-corrected chi connectivity index (χ1v) is 43.6. The van der Waals surface area contributed by atoms with Crippen molar-refractivity contribution in [1.82, 2.24) is 0 Å². The van der Waals surface area contributed by atoms with E-state index >= 15 is 0 Å². The maximum absolute atomic E-state index is 12.6. The van der Waals surface area contributed by atoms with E-state index in [1.165, 1.54) is 58.7 Å². The number of aromatic hydroxyl groups is 1. The summed E-state index contributed by atoms with van der Waals surface area (Å²) in [4.78, 5) is 50.9. The first kappa shape index (κ1) is 83.6. The van der Waals surface area contributed by atoms with E-state index in [0.29, 0.717) is 11.5 Å². The van der Waals surface area contributed by atoms with Gasteiger partial charge in [-0.25, -0.2) is 14.4 Å². The van der Waals surface area contributed by atoms with Crippen LogP contribution in [0.2, 0.25) is 0 Å². The highest BCUT2D eigenvalue weighted by atomic mass is 32.2. The fourth-order valence-corrected chi connectivity index (χ4v) is 23.7. The lowest BCUT2D eigenvalue weighted by molar-refractivity contribution is -0.162. The van der Waals surface area contributed by atoms with Crippen LogP contribution in [0.3, 0.4) is 0 Å². The van der Waals surface area contributed by atoms with Gasteiger partial charge in [-0.3, -0.25) is 0 Å². The number of carboxylic acids is 1. The molecule has 0 saturated heterocycles. The predicted molar refractivity (Wildman–Crippen MR) is 460 cm³/mol. The average Bonchev–Trinajstić information content (AvgIpc) is 1.05. The Morgan fingerprint density at radius 1 is 0.310 bits per heavy atom. The fourth-order valence-electron chi connectivity index (χ4n) is 14.6. The molecule has 14 heteroatoms. The molecule has 2 aliphatic rings. The van der Waals surface area contributed by atoms with Gasteiger partial charge in [-0.15, -0.1) is 0 Å². The van der Waals surface area contributed by atoms with Crippen LogP contribution in [0.4, 0.5) is 0 Å². The Bertz CT molecular complexity index is 4810. The molecule has 2 saturated carbocycles. The lowest BCUT2D eigenvalue weighted by atomic mass is 9.99. The number of ether oxygens (including phenoxy) is 5. The number of carboxylic acid groups (broad SMARTS) is 1. The third-order valence-corrected chi connectivity index (χ3v) is 28.8. The Labute approximate surface area is 680 Å². The van der Waals surface area contributed by atoms with Gasteiger partial charge in [0.15, 0.2) is 78.6 Å². The van der Waals surface area contributed by atoms with Crippen molar-refractivity contribution in [2.24, 2.45) is 0 Å². The molecule has 0 unspecified atom stereocenters. The van der Waals surface area contributed by atoms with Crippen LogP contribution in [0.25, 0.3) is 0 Å². The summed E-state index contributed by atoms with van der Waals surface area (Å²) in [5.74, 6) is 1.07. The summed E-state index contributed by atoms with van der Waals surface area (Å²) < 4.78 is 29.0. The number of hydrogen-bond acceptors (Lipinski definition) is 9. The lowest BCUT2D eigenvalue weighted by Gasteiger charge is -2.27. The molecule has 0 aliphatic heterocycles. The molecule has 0 spiro atoms. The van der Waals surface area contributed by atoms with E-state index in [0.717, 1.165) is 114 Å². The maximum Gasteiger partial charge on any atom is 0.344 e. The predicted octanol–water partition coefficient (Wildman–Crippen LogP) is 23.7. The highest BCUT2D eigenvalue weighted by molar-refractivity contribution is 7.98. The normalized spacial score (nSPS) is 13.2. The number of esters is 2. The fraction of sp³-hybridized carbons (Fsp3) is 0.242. The van der Waals surface area contributed by atoms with Gasteiger partial charge in [-0.05, 0) is 262 Å². The zero-order valence-corrected chi connectivity index (χ0v) is 69.8. The van der Waals surface area contributed by atoms with Crippen LogP contribution in [0.15, 0.2) is 350 Å². The van der Waals surface area contributed by atoms with Crippen LogP contribution in [0, 0.1) is 55.4 Å². The van der Waals surface area contributed by atoms with Crippen molar-refractivity contribution in [2.75, 3.05) is 19.8 Å². The molecular weight excluding hydrogens is 1480 g/mol. The minimum atomic E-state index is -0.971. The van der Waals surface area contributed by atoms with E-state index in [2.05, 4.69) is 288 Å². The highest BCUT2D eigenvalue weighted by Gasteiger charge is 2.38. The van der Waals surface area contributed by atoms with E-state index in [-0.39, 0.29) is 86.5 Å². The third-order valence-electron chi connectivity index (χ3n) is 20.1. The molecule has 0 amide bonds. The molecule has 113 heavy (non-hydrogen) atoms. The summed E-state index contributed by atoms with van der Waals surface area (Å²) in [6, 6.07) is 102. The molecule has 2 N–H and O–H groups in total. The zero-order valence-electron chi connectivity index (χ0n) is 66.5. The van der Waals surface area contributed by atoms with Crippen molar-refractivity contribution >= 4 is 61.5 Å². The standard InChI is InChI=1S/C29H33O3S.C28H31O3S.C22H20O3S.C20H18OS/c1-4-29(17-11-12-18-29)32-27(30)21-31-28-22(2)19-26(20-23(28)3)33(24-13-7-5-8-14-24)25-15-9-6-10-16-25;1-21-18-25(32(23-12-6-4-7-13-23)24-14-8-5-9-15-24)19-22(2)27(21)30-20-26(29)31-28(3)16-10-11-17-28;1-16-13-20(14-17(2)22(16)25-15-21(23)24)26(18-9-5-3-6-10-18)19-11-7-4-8-12-19;1-15-13-19(14-16(2)20(15)21)22(17-9-5-3-6-10-17)18-11-7-4-8-12-18/h5-10,13-16,19-20H,4,11-12,17-18,21H2,1-3H3;4-9,12-15,18-19H,10-11,16-17,20H2,1-3H3;3-14H,15H2,1-2H3;3-14H,1-2H3/q2*+1;;/p+2. The molecule has 12 aromatic carbocycles. The van der Waals surface area contributed by atoms with Crippen molar-refractivity contribution in [3.8, 4) is 23.0 Å². The first-order chi connectivity index (χ1) is 54.7. The minimum Gasteiger partial charge on any atom is -0.507 e. The molecule has 0 heterocycles. The number of hydrogen-bond donors (Lipinski definition) is 2. The molecule has 2 fully saturated rings. The topological polar surface area (TPSA) is 138 Å². The van der Waals surface area contributed by atoms with Crippen molar-refractivity contribution < 1.29 is 48.3 Å². The van der Waals surface area contributed by atoms with E-state index in [1.54, 1.807) is 0 Å². The van der Waals surface area contributed by atoms with Crippen molar-refractivity contribution in [3.05, 3.63) is 336 Å². The van der Waals surface area contributed by atoms with E-state index in [1.807, 2.05) is 72.7 Å². The number of aryl methyl sites for hydroxylation is 8. The molecule has 580 valence electrons. The molecule has 0 bridgehead atoms. The first-order valence-electron chi connectivity index (χ1n) is 38.7. The van der Waals surface area contributed by atoms with Gasteiger partial charge < -0.3 is 33.9 Å². The summed E-state index contributed by atoms with van der Waals surface area (Å²) in [6.07, 6.45) is 9.17. The second kappa shape index (κ2) is 40.4. The summed E-state index contributed by atoms with van der Waals surface area (Å²) in [7, 11) is -0.809. The molecular formula is C99H104O10S4+4. The Balaban J connectivity index is 0.000000150. The van der Waals surface area contributed by atoms with Crippen molar-refractivity contribution in [2.45, 2.75) is 197 Å². The van der Waals surface area contributed by atoms with Gasteiger partial charge in [0.05, 0.1) is 43.6 Å². The summed E-state index contributed by atoms with van der Waals surface area (Å²) in [5.41, 5.74) is 7.28. The largest absolute Gasteiger partial charge is 0.507 e. The van der Waals surface area contributed by atoms with Crippen molar-refractivity contribution in [1.29, 1.82) is 0 Å². The number of phenolic OH excluding ortho intramolecular Hbond substituents is 1. The van der Waals surface area contributed by atoms with E-state index in [4.69, 9.17) is 28.8 Å². The van der Waals surface area contributed by atoms with Gasteiger partial charge >= 0.3 is 17.9 Å². The Kier molecular flexibility index (Phi) is 29.9. The number of rotatable bonds is 24. The second-order valence-electron chi connectivity index (χ2n) is 28.9. The number of carbonyl (C=O) groups is 3. The monoisotopic (exact) mass is 1580 g/mol. The van der Waals surface area contributed by atoms with Gasteiger partial charge in [0, 0.05) is 48.5 Å². The van der Waals surface area contributed by atoms with Gasteiger partial charge in [-0.1, -0.05) is 153 Å². The van der Waals surface area contributed by atoms with Gasteiger partial charge in [0.2, 0.25) is 0 Å². The molecule has 0 aromatic heterocycles. The highest BCUT2D eigenvalue weighted by Crippen LogP contribution is 2.42. The SMILES string of the molecule is CCC1(OC(=O)COc2c(C)cc([S+](c3ccccc3)c3ccccc3)cc2C)CCCC1.Cc1cc([S+](c2ccccc2)c2ccccc2)cc(C)c1O.Cc1cc([S+](c2ccccc2)c2ccccc2)cc(C)c1OCC(=O)O.Cc1cc([S+](c2ccccc2)c2ccccc2)cc(C)c1OCC(=O)OC1(C)CCCC1. The quantitative estimate of drug-likeness (QED) is 0.0444. The summed E-state index contributed by atoms with van der Waals surface area (Å²) >= 11 is 0. The smallest absolute Gasteiger partial charge is 0.344 e. The molecule has 14 rings (SSSR count). The van der Waals surface area contributed by atoms with Gasteiger partial charge in [-0.2, -0.15) is 0 Å². The lowest BCUT2D eigenvalue weighted by Crippen LogP contribution is -2.33. The van der Waals surface area contributed by atoms with Crippen LogP contribution in [-0.2, 0) is 67.4 Å². The van der Waals surface area contributed by atoms with Crippen LogP contribution >= 0.6 is 0 Å². The average molecular weight is 1580 g/mol. The van der Waals surface area contributed by atoms with Crippen molar-refractivity contribution in [3.63, 3.8) is 0 Å². The molecule has 10 nitrogen and oxygen atoms in total. The molecule has 0 atom stereocenters. The molecule has 0 radical (unpaired) electrons. The number of phenols is 1. The number of carbonyl (C=O) groups excluding carboxylic acids is 2. The van der Waals surface area contributed by atoms with Gasteiger partial charge in [0.1, 0.15) is 34.2 Å². The van der Waals surface area contributed by atoms with Crippen LogP contribution in [0.5, 0.6) is 23.0 Å². The van der Waals surface area contributed by atoms with E-state index < -0.39 is 5.97 Å². The third kappa shape index (κ3) is 22.5. The number of aliphatic carboxylic acids is 1. The maximum atomic E-state index is 12.6. The molecule has 12 aromatic rings. The Morgan fingerprint density at radius 2 is 0.522 bits per heavy atom. The Morgan fingerprint density at radius 3 is 0.752 bits per heavy atom. The summed E-state index contributed by atoms with van der Waals surface area (Å²) in [5, 5.41) is 18.9. The summed E-state index contributed by atoms with van der Waals surface area (Å²) in [6.45, 7) is 19.7. The Hall–Kier alpha value is -10.4. The zero-order chi connectivity index (χ0) is 79.9.